The maximum Gasteiger partial charge on any atom is 0.0994 e. The first-order valence-electron chi connectivity index (χ1n) is 5.16. The minimum absolute atomic E-state index is 0.757. The predicted octanol–water partition coefficient (Wildman–Crippen LogP) is 4.61. The van der Waals surface area contributed by atoms with E-state index in [-0.39, 0.29) is 0 Å². The molecule has 0 N–H and O–H groups in total. The number of thioether (sulfide) groups is 1. The zero-order valence-electron chi connectivity index (χ0n) is 9.06. The Labute approximate surface area is 114 Å². The van der Waals surface area contributed by atoms with Crippen LogP contribution in [0.25, 0.3) is 0 Å². The van der Waals surface area contributed by atoms with Crippen molar-refractivity contribution in [3.05, 3.63) is 64.1 Å². The van der Waals surface area contributed by atoms with E-state index in [0.29, 0.717) is 0 Å². The molecule has 0 heterocycles. The number of hydrogen-bond acceptors (Lipinski definition) is 2. The molecule has 0 radical (unpaired) electrons. The summed E-state index contributed by atoms with van der Waals surface area (Å²) >= 11 is 5.25. The van der Waals surface area contributed by atoms with Crippen molar-refractivity contribution in [2.45, 2.75) is 10.6 Å². The van der Waals surface area contributed by atoms with E-state index in [2.05, 4.69) is 28.1 Å². The zero-order chi connectivity index (χ0) is 12.1. The fourth-order valence-electron chi connectivity index (χ4n) is 1.47. The lowest BCUT2D eigenvalue weighted by molar-refractivity contribution is 1.33. The first-order chi connectivity index (χ1) is 8.31. The summed E-state index contributed by atoms with van der Waals surface area (Å²) in [7, 11) is 0. The molecule has 17 heavy (non-hydrogen) atoms. The van der Waals surface area contributed by atoms with Crippen LogP contribution in [0.5, 0.6) is 0 Å². The summed E-state index contributed by atoms with van der Waals surface area (Å²) in [6, 6.07) is 18.1. The lowest BCUT2D eigenvalue weighted by Gasteiger charge is -2.05. The molecule has 2 rings (SSSR count). The van der Waals surface area contributed by atoms with Crippen molar-refractivity contribution in [2.24, 2.45) is 0 Å². The van der Waals surface area contributed by atoms with Gasteiger partial charge in [-0.2, -0.15) is 5.26 Å². The minimum Gasteiger partial charge on any atom is -0.192 e. The van der Waals surface area contributed by atoms with Crippen molar-refractivity contribution in [1.29, 1.82) is 5.26 Å². The fourth-order valence-corrected chi connectivity index (χ4v) is 3.04. The number of hydrogen-bond donors (Lipinski definition) is 0. The molecular weight excluding hydrogens is 294 g/mol. The molecule has 0 aliphatic carbocycles. The lowest BCUT2D eigenvalue weighted by Crippen LogP contribution is -1.86. The molecule has 0 spiro atoms. The van der Waals surface area contributed by atoms with Gasteiger partial charge in [0.25, 0.3) is 0 Å². The average molecular weight is 304 g/mol. The summed E-state index contributed by atoms with van der Waals surface area (Å²) in [5.41, 5.74) is 1.84. The maximum absolute atomic E-state index is 9.00. The minimum atomic E-state index is 0.757. The third kappa shape index (κ3) is 3.12. The Bertz CT molecular complexity index is 560. The maximum atomic E-state index is 9.00. The van der Waals surface area contributed by atoms with Crippen LogP contribution in [-0.4, -0.2) is 0 Å². The number of rotatable bonds is 3. The summed E-state index contributed by atoms with van der Waals surface area (Å²) in [4.78, 5) is 1.19. The molecule has 0 aromatic heterocycles. The fraction of sp³-hybridized carbons (Fsp3) is 0.0714. The van der Waals surface area contributed by atoms with E-state index in [9.17, 15) is 0 Å². The number of nitrogens with zero attached hydrogens (tertiary/aromatic N) is 1. The van der Waals surface area contributed by atoms with Crippen molar-refractivity contribution < 1.29 is 0 Å². The number of halogens is 1. The molecular formula is C14H10BrNS. The van der Waals surface area contributed by atoms with Gasteiger partial charge < -0.3 is 0 Å². The lowest BCUT2D eigenvalue weighted by atomic mass is 10.1. The predicted molar refractivity (Wildman–Crippen MR) is 74.9 cm³/mol. The summed E-state index contributed by atoms with van der Waals surface area (Å²) < 4.78 is 1.10. The van der Waals surface area contributed by atoms with Crippen LogP contribution >= 0.6 is 27.7 Å². The Hall–Kier alpha value is -1.24. The molecule has 0 atom stereocenters. The van der Waals surface area contributed by atoms with Crippen LogP contribution in [0.2, 0.25) is 0 Å². The smallest absolute Gasteiger partial charge is 0.0994 e. The van der Waals surface area contributed by atoms with Crippen molar-refractivity contribution in [3.8, 4) is 6.07 Å². The second kappa shape index (κ2) is 5.90. The molecule has 3 heteroatoms. The molecule has 0 amide bonds. The first-order valence-corrected chi connectivity index (χ1v) is 6.94. The van der Waals surface area contributed by atoms with Gasteiger partial charge in [-0.3, -0.25) is 0 Å². The Balaban J connectivity index is 2.13. The van der Waals surface area contributed by atoms with Crippen molar-refractivity contribution in [3.63, 3.8) is 0 Å². The van der Waals surface area contributed by atoms with Crippen LogP contribution in [0.4, 0.5) is 0 Å². The Morgan fingerprint density at radius 2 is 1.76 bits per heavy atom. The second-order valence-corrected chi connectivity index (χ2v) is 5.36. The second-order valence-electron chi connectivity index (χ2n) is 3.49. The van der Waals surface area contributed by atoms with E-state index < -0.39 is 0 Å². The molecule has 0 unspecified atom stereocenters. The van der Waals surface area contributed by atoms with Gasteiger partial charge in [0, 0.05) is 15.1 Å². The molecule has 0 bridgehead atoms. The molecule has 0 saturated heterocycles. The van der Waals surface area contributed by atoms with Crippen LogP contribution in [0.3, 0.4) is 0 Å². The highest BCUT2D eigenvalue weighted by Gasteiger charge is 2.03. The van der Waals surface area contributed by atoms with Gasteiger partial charge in [0.2, 0.25) is 0 Å². The summed E-state index contributed by atoms with van der Waals surface area (Å²) in [5.74, 6) is 0.812. The van der Waals surface area contributed by atoms with Gasteiger partial charge in [-0.15, -0.1) is 11.8 Å². The van der Waals surface area contributed by atoms with Crippen molar-refractivity contribution in [2.75, 3.05) is 0 Å². The topological polar surface area (TPSA) is 23.8 Å². The van der Waals surface area contributed by atoms with Crippen LogP contribution < -0.4 is 0 Å². The van der Waals surface area contributed by atoms with E-state index in [1.807, 2.05) is 42.5 Å². The third-order valence-electron chi connectivity index (χ3n) is 2.36. The summed E-state index contributed by atoms with van der Waals surface area (Å²) in [6.07, 6.45) is 0. The normalized spacial score (nSPS) is 9.88. The number of nitriles is 1. The van der Waals surface area contributed by atoms with Gasteiger partial charge in [-0.25, -0.2) is 0 Å². The van der Waals surface area contributed by atoms with Crippen molar-refractivity contribution in [1.82, 2.24) is 0 Å². The average Bonchev–Trinajstić information content (AvgIpc) is 2.38. The van der Waals surface area contributed by atoms with E-state index in [1.165, 1.54) is 4.90 Å². The Morgan fingerprint density at radius 1 is 1.06 bits per heavy atom. The van der Waals surface area contributed by atoms with E-state index >= 15 is 0 Å². The van der Waals surface area contributed by atoms with Gasteiger partial charge >= 0.3 is 0 Å². The monoisotopic (exact) mass is 303 g/mol. The molecule has 0 aliphatic heterocycles. The van der Waals surface area contributed by atoms with E-state index in [4.69, 9.17) is 5.26 Å². The molecule has 84 valence electrons. The highest BCUT2D eigenvalue weighted by molar-refractivity contribution is 9.10. The quantitative estimate of drug-likeness (QED) is 0.773. The summed E-state index contributed by atoms with van der Waals surface area (Å²) in [6.45, 7) is 0. The van der Waals surface area contributed by atoms with Gasteiger partial charge in [0.05, 0.1) is 11.6 Å². The molecule has 1 nitrogen and oxygen atoms in total. The van der Waals surface area contributed by atoms with Crippen LogP contribution in [0.15, 0.2) is 57.9 Å². The SMILES string of the molecule is N#Cc1ccccc1CSc1ccccc1Br. The van der Waals surface area contributed by atoms with Gasteiger partial charge in [-0.05, 0) is 39.7 Å². The molecule has 0 saturated carbocycles. The Kier molecular flexibility index (Phi) is 4.24. The summed E-state index contributed by atoms with van der Waals surface area (Å²) in [5, 5.41) is 9.00. The highest BCUT2D eigenvalue weighted by atomic mass is 79.9. The third-order valence-corrected chi connectivity index (χ3v) is 4.43. The molecule has 0 aliphatic rings. The van der Waals surface area contributed by atoms with E-state index in [1.54, 1.807) is 11.8 Å². The van der Waals surface area contributed by atoms with Crippen LogP contribution in [0, 0.1) is 11.3 Å². The van der Waals surface area contributed by atoms with Crippen molar-refractivity contribution >= 4 is 27.7 Å². The highest BCUT2D eigenvalue weighted by Crippen LogP contribution is 2.30. The van der Waals surface area contributed by atoms with Gasteiger partial charge in [0.1, 0.15) is 0 Å². The van der Waals surface area contributed by atoms with Gasteiger partial charge in [-0.1, -0.05) is 30.3 Å². The van der Waals surface area contributed by atoms with Crippen LogP contribution in [-0.2, 0) is 5.75 Å². The standard InChI is InChI=1S/C14H10BrNS/c15-13-7-3-4-8-14(13)17-10-12-6-2-1-5-11(12)9-16/h1-8H,10H2. The molecule has 0 fully saturated rings. The van der Waals surface area contributed by atoms with E-state index in [0.717, 1.165) is 21.4 Å². The first kappa shape index (κ1) is 12.2. The van der Waals surface area contributed by atoms with Crippen LogP contribution in [0.1, 0.15) is 11.1 Å². The Morgan fingerprint density at radius 3 is 2.53 bits per heavy atom. The number of benzene rings is 2. The largest absolute Gasteiger partial charge is 0.192 e. The molecule has 2 aromatic carbocycles. The molecule has 2 aromatic rings. The zero-order valence-corrected chi connectivity index (χ0v) is 11.5. The van der Waals surface area contributed by atoms with Gasteiger partial charge in [0.15, 0.2) is 0 Å².